The second-order valence-corrected chi connectivity index (χ2v) is 5.21. The van der Waals surface area contributed by atoms with Crippen LogP contribution in [0, 0.1) is 17.8 Å². The molecule has 3 atom stereocenters. The Hall–Kier alpha value is -0.300. The molecule has 0 aliphatic heterocycles. The molecule has 2 rings (SSSR count). The third kappa shape index (κ3) is 2.63. The Morgan fingerprint density at radius 1 is 1.13 bits per heavy atom. The molecule has 0 radical (unpaired) electrons. The van der Waals surface area contributed by atoms with E-state index in [4.69, 9.17) is 0 Å². The molecule has 0 spiro atoms. The molecule has 3 unspecified atom stereocenters. The Labute approximate surface area is 94.5 Å². The van der Waals surface area contributed by atoms with Gasteiger partial charge in [-0.25, -0.2) is 0 Å². The second kappa shape index (κ2) is 5.16. The summed E-state index contributed by atoms with van der Waals surface area (Å²) in [7, 11) is 0. The highest BCUT2D eigenvalue weighted by atomic mass is 15.1. The van der Waals surface area contributed by atoms with Crippen LogP contribution in [0.25, 0.3) is 0 Å². The molecule has 86 valence electrons. The van der Waals surface area contributed by atoms with Gasteiger partial charge in [0.25, 0.3) is 0 Å². The lowest BCUT2D eigenvalue weighted by Gasteiger charge is -2.21. The number of hydrogen-bond acceptors (Lipinski definition) is 1. The first-order chi connectivity index (χ1) is 7.33. The largest absolute Gasteiger partial charge is 0.304 e. The van der Waals surface area contributed by atoms with Crippen LogP contribution in [0.5, 0.6) is 0 Å². The van der Waals surface area contributed by atoms with Gasteiger partial charge in [0.15, 0.2) is 0 Å². The van der Waals surface area contributed by atoms with E-state index in [9.17, 15) is 0 Å². The maximum Gasteiger partial charge on any atom is -0.00189 e. The van der Waals surface area contributed by atoms with Gasteiger partial charge in [-0.15, -0.1) is 0 Å². The van der Waals surface area contributed by atoms with Gasteiger partial charge in [-0.3, -0.25) is 0 Å². The van der Waals surface area contributed by atoms with E-state index in [1.165, 1.54) is 45.3 Å². The number of fused-ring (bicyclic) bond motifs is 2. The average Bonchev–Trinajstić information content (AvgIpc) is 2.86. The smallest absolute Gasteiger partial charge is 0.00189 e. The summed E-state index contributed by atoms with van der Waals surface area (Å²) < 4.78 is 0. The summed E-state index contributed by atoms with van der Waals surface area (Å²) >= 11 is 0. The van der Waals surface area contributed by atoms with E-state index in [1.807, 2.05) is 0 Å². The lowest BCUT2D eigenvalue weighted by molar-refractivity contribution is 0.279. The molecule has 0 saturated heterocycles. The Balaban J connectivity index is 1.64. The quantitative estimate of drug-likeness (QED) is 0.604. The van der Waals surface area contributed by atoms with Crippen molar-refractivity contribution in [2.24, 2.45) is 17.8 Å². The zero-order valence-electron chi connectivity index (χ0n) is 10.3. The molecule has 0 amide bonds. The topological polar surface area (TPSA) is 3.24 Å². The monoisotopic (exact) mass is 207 g/mol. The van der Waals surface area contributed by atoms with E-state index >= 15 is 0 Å². The molecular formula is C14H25N. The predicted octanol–water partition coefficient (Wildman–Crippen LogP) is 3.32. The molecule has 2 bridgehead atoms. The highest BCUT2D eigenvalue weighted by Gasteiger charge is 2.34. The zero-order valence-corrected chi connectivity index (χ0v) is 10.3. The van der Waals surface area contributed by atoms with Crippen LogP contribution in [0.15, 0.2) is 12.2 Å². The molecule has 0 heterocycles. The molecule has 1 saturated carbocycles. The highest BCUT2D eigenvalue weighted by molar-refractivity contribution is 5.09. The Bertz CT molecular complexity index is 217. The fourth-order valence-corrected chi connectivity index (χ4v) is 3.34. The van der Waals surface area contributed by atoms with Crippen molar-refractivity contribution < 1.29 is 0 Å². The van der Waals surface area contributed by atoms with Gasteiger partial charge in [-0.2, -0.15) is 0 Å². The van der Waals surface area contributed by atoms with E-state index in [0.29, 0.717) is 0 Å². The molecule has 1 fully saturated rings. The summed E-state index contributed by atoms with van der Waals surface area (Å²) in [5.74, 6) is 2.93. The van der Waals surface area contributed by atoms with E-state index in [-0.39, 0.29) is 0 Å². The molecule has 2 aliphatic carbocycles. The normalized spacial score (nSPS) is 33.1. The molecule has 0 N–H and O–H groups in total. The molecular weight excluding hydrogens is 182 g/mol. The second-order valence-electron chi connectivity index (χ2n) is 5.21. The predicted molar refractivity (Wildman–Crippen MR) is 65.9 cm³/mol. The standard InChI is InChI=1S/C14H25N/c1-3-15(4-2)9-5-6-13-10-12-7-8-14(13)11-12/h7-8,12-14H,3-6,9-11H2,1-2H3. The molecule has 0 aromatic carbocycles. The Morgan fingerprint density at radius 2 is 1.93 bits per heavy atom. The van der Waals surface area contributed by atoms with Gasteiger partial charge in [0.1, 0.15) is 0 Å². The van der Waals surface area contributed by atoms with Gasteiger partial charge >= 0.3 is 0 Å². The van der Waals surface area contributed by atoms with Crippen molar-refractivity contribution in [2.45, 2.75) is 39.5 Å². The van der Waals surface area contributed by atoms with Gasteiger partial charge < -0.3 is 4.90 Å². The van der Waals surface area contributed by atoms with Crippen LogP contribution in [0.4, 0.5) is 0 Å². The fourth-order valence-electron chi connectivity index (χ4n) is 3.34. The summed E-state index contributed by atoms with van der Waals surface area (Å²) in [5.41, 5.74) is 0. The summed E-state index contributed by atoms with van der Waals surface area (Å²) in [6, 6.07) is 0. The number of allylic oxidation sites excluding steroid dienone is 2. The lowest BCUT2D eigenvalue weighted by Crippen LogP contribution is -2.24. The first-order valence-corrected chi connectivity index (χ1v) is 6.74. The van der Waals surface area contributed by atoms with Gasteiger partial charge in [0.2, 0.25) is 0 Å². The minimum atomic E-state index is 0.951. The van der Waals surface area contributed by atoms with E-state index in [2.05, 4.69) is 30.9 Å². The Kier molecular flexibility index (Phi) is 3.85. The third-order valence-corrected chi connectivity index (χ3v) is 4.36. The SMILES string of the molecule is CCN(CC)CCCC1CC2C=CC1C2. The molecule has 0 aromatic heterocycles. The number of rotatable bonds is 6. The highest BCUT2D eigenvalue weighted by Crippen LogP contribution is 2.45. The van der Waals surface area contributed by atoms with Gasteiger partial charge in [0.05, 0.1) is 0 Å². The summed E-state index contributed by atoms with van der Waals surface area (Å²) in [5, 5.41) is 0. The number of nitrogens with zero attached hydrogens (tertiary/aromatic N) is 1. The van der Waals surface area contributed by atoms with E-state index in [0.717, 1.165) is 17.8 Å². The molecule has 2 aliphatic rings. The fraction of sp³-hybridized carbons (Fsp3) is 0.857. The minimum Gasteiger partial charge on any atom is -0.304 e. The lowest BCUT2D eigenvalue weighted by atomic mass is 9.89. The zero-order chi connectivity index (χ0) is 10.7. The molecule has 0 aromatic rings. The molecule has 1 nitrogen and oxygen atoms in total. The van der Waals surface area contributed by atoms with Crippen molar-refractivity contribution in [1.29, 1.82) is 0 Å². The average molecular weight is 207 g/mol. The van der Waals surface area contributed by atoms with Crippen molar-refractivity contribution in [2.75, 3.05) is 19.6 Å². The van der Waals surface area contributed by atoms with Gasteiger partial charge in [0, 0.05) is 0 Å². The van der Waals surface area contributed by atoms with E-state index in [1.54, 1.807) is 0 Å². The van der Waals surface area contributed by atoms with E-state index < -0.39 is 0 Å². The first kappa shape index (κ1) is 11.2. The summed E-state index contributed by atoms with van der Waals surface area (Å²) in [4.78, 5) is 2.54. The van der Waals surface area contributed by atoms with Crippen LogP contribution in [0.2, 0.25) is 0 Å². The van der Waals surface area contributed by atoms with Crippen molar-refractivity contribution in [3.05, 3.63) is 12.2 Å². The van der Waals surface area contributed by atoms with Crippen molar-refractivity contribution in [3.8, 4) is 0 Å². The Morgan fingerprint density at radius 3 is 2.47 bits per heavy atom. The van der Waals surface area contributed by atoms with Crippen LogP contribution in [0.3, 0.4) is 0 Å². The van der Waals surface area contributed by atoms with Crippen LogP contribution < -0.4 is 0 Å². The first-order valence-electron chi connectivity index (χ1n) is 6.74. The van der Waals surface area contributed by atoms with Crippen molar-refractivity contribution in [1.82, 2.24) is 4.90 Å². The van der Waals surface area contributed by atoms with Crippen molar-refractivity contribution in [3.63, 3.8) is 0 Å². The van der Waals surface area contributed by atoms with Crippen LogP contribution >= 0.6 is 0 Å². The molecule has 1 heteroatoms. The number of hydrogen-bond donors (Lipinski definition) is 0. The van der Waals surface area contributed by atoms with Gasteiger partial charge in [-0.1, -0.05) is 26.0 Å². The third-order valence-electron chi connectivity index (χ3n) is 4.36. The van der Waals surface area contributed by atoms with Crippen LogP contribution in [0.1, 0.15) is 39.5 Å². The van der Waals surface area contributed by atoms with Crippen LogP contribution in [-0.4, -0.2) is 24.5 Å². The molecule has 15 heavy (non-hydrogen) atoms. The summed E-state index contributed by atoms with van der Waals surface area (Å²) in [6.07, 6.45) is 10.8. The maximum atomic E-state index is 2.54. The van der Waals surface area contributed by atoms with Crippen molar-refractivity contribution >= 4 is 0 Å². The maximum absolute atomic E-state index is 2.54. The summed E-state index contributed by atoms with van der Waals surface area (Å²) in [6.45, 7) is 8.28. The van der Waals surface area contributed by atoms with Gasteiger partial charge in [-0.05, 0) is 63.1 Å². The van der Waals surface area contributed by atoms with Crippen LogP contribution in [-0.2, 0) is 0 Å². The minimum absolute atomic E-state index is 0.951.